The van der Waals surface area contributed by atoms with E-state index in [9.17, 15) is 14.4 Å². The highest BCUT2D eigenvalue weighted by molar-refractivity contribution is 7.10. The maximum absolute atomic E-state index is 13.2. The predicted octanol–water partition coefficient (Wildman–Crippen LogP) is 2.73. The minimum atomic E-state index is -1.05. The summed E-state index contributed by atoms with van der Waals surface area (Å²) in [5.74, 6) is 0.100. The van der Waals surface area contributed by atoms with Crippen LogP contribution in [-0.2, 0) is 16.8 Å². The number of rotatable bonds is 5. The molecule has 0 saturated carbocycles. The molecular formula is C20H20N2O5S. The van der Waals surface area contributed by atoms with Gasteiger partial charge in [0, 0.05) is 10.4 Å². The molecule has 146 valence electrons. The second-order valence-electron chi connectivity index (χ2n) is 6.83. The summed E-state index contributed by atoms with van der Waals surface area (Å²) in [5, 5.41) is 4.79. The molecule has 0 radical (unpaired) electrons. The lowest BCUT2D eigenvalue weighted by atomic mass is 9.80. The maximum atomic E-state index is 13.2. The molecule has 4 rings (SSSR count). The van der Waals surface area contributed by atoms with Crippen molar-refractivity contribution >= 4 is 29.1 Å². The van der Waals surface area contributed by atoms with Gasteiger partial charge in [-0.05, 0) is 48.9 Å². The Bertz CT molecular complexity index is 969. The zero-order valence-electron chi connectivity index (χ0n) is 15.6. The quantitative estimate of drug-likeness (QED) is 0.616. The molecule has 0 unspecified atom stereocenters. The lowest BCUT2D eigenvalue weighted by Gasteiger charge is -2.31. The standard InChI is InChI=1S/C20H20N2O5S/c1-26-12-5-6-16(27-2)13(10-12)15(23)11-22-18(24)20(21-19(22)25)8-3-4-17-14(20)7-9-28-17/h5-7,9-10H,3-4,8,11H2,1-2H3,(H,21,25)/t20-/m1/s1. The Kier molecular flexibility index (Phi) is 4.58. The summed E-state index contributed by atoms with van der Waals surface area (Å²) in [7, 11) is 2.96. The average Bonchev–Trinajstić information content (AvgIpc) is 3.28. The van der Waals surface area contributed by atoms with E-state index in [4.69, 9.17) is 9.47 Å². The molecule has 1 atom stereocenters. The van der Waals surface area contributed by atoms with E-state index in [1.54, 1.807) is 29.5 Å². The van der Waals surface area contributed by atoms with Crippen molar-refractivity contribution in [3.8, 4) is 11.5 Å². The molecule has 1 aliphatic heterocycles. The molecule has 1 saturated heterocycles. The third-order valence-electron chi connectivity index (χ3n) is 5.35. The Morgan fingerprint density at radius 3 is 2.82 bits per heavy atom. The SMILES string of the molecule is COc1ccc(OC)c(C(=O)CN2C(=O)N[C@@]3(CCCc4sccc43)C2=O)c1. The molecule has 2 aliphatic rings. The molecule has 1 aromatic heterocycles. The number of nitrogens with one attached hydrogen (secondary N) is 1. The third-order valence-corrected chi connectivity index (χ3v) is 6.33. The van der Waals surface area contributed by atoms with Gasteiger partial charge < -0.3 is 14.8 Å². The molecule has 1 N–H and O–H groups in total. The zero-order chi connectivity index (χ0) is 19.9. The second-order valence-corrected chi connectivity index (χ2v) is 7.83. The van der Waals surface area contributed by atoms with Gasteiger partial charge in [-0.15, -0.1) is 11.3 Å². The molecule has 3 amide bonds. The first-order chi connectivity index (χ1) is 13.5. The number of carbonyl (C=O) groups is 3. The number of ketones is 1. The fourth-order valence-corrected chi connectivity index (χ4v) is 4.95. The van der Waals surface area contributed by atoms with Crippen molar-refractivity contribution in [2.75, 3.05) is 20.8 Å². The molecule has 0 bridgehead atoms. The molecule has 8 heteroatoms. The van der Waals surface area contributed by atoms with Crippen LogP contribution >= 0.6 is 11.3 Å². The molecule has 7 nitrogen and oxygen atoms in total. The number of fused-ring (bicyclic) bond motifs is 2. The largest absolute Gasteiger partial charge is 0.497 e. The number of Topliss-reactive ketones (excluding diaryl/α,β-unsaturated/α-hetero) is 1. The van der Waals surface area contributed by atoms with Crippen molar-refractivity contribution in [2.45, 2.75) is 24.8 Å². The van der Waals surface area contributed by atoms with E-state index in [1.807, 2.05) is 11.4 Å². The minimum Gasteiger partial charge on any atom is -0.497 e. The van der Waals surface area contributed by atoms with Crippen molar-refractivity contribution in [3.05, 3.63) is 45.6 Å². The summed E-state index contributed by atoms with van der Waals surface area (Å²) >= 11 is 1.59. The van der Waals surface area contributed by atoms with Crippen LogP contribution in [0.4, 0.5) is 4.79 Å². The van der Waals surface area contributed by atoms with Gasteiger partial charge in [0.05, 0.1) is 26.3 Å². The van der Waals surface area contributed by atoms with Crippen LogP contribution in [0, 0.1) is 0 Å². The number of imide groups is 1. The smallest absolute Gasteiger partial charge is 0.325 e. The number of carbonyl (C=O) groups excluding carboxylic acids is 3. The molecule has 2 aromatic rings. The lowest BCUT2D eigenvalue weighted by molar-refractivity contribution is -0.131. The fourth-order valence-electron chi connectivity index (χ4n) is 3.95. The first-order valence-electron chi connectivity index (χ1n) is 8.96. The molecule has 2 heterocycles. The van der Waals surface area contributed by atoms with Crippen molar-refractivity contribution < 1.29 is 23.9 Å². The Balaban J connectivity index is 1.63. The molecular weight excluding hydrogens is 380 g/mol. The number of thiophene rings is 1. The Morgan fingerprint density at radius 1 is 1.25 bits per heavy atom. The number of hydrogen-bond acceptors (Lipinski definition) is 6. The van der Waals surface area contributed by atoms with Gasteiger partial charge in [0.15, 0.2) is 5.78 Å². The predicted molar refractivity (Wildman–Crippen MR) is 103 cm³/mol. The van der Waals surface area contributed by atoms with Gasteiger partial charge in [-0.3, -0.25) is 14.5 Å². The van der Waals surface area contributed by atoms with Crippen LogP contribution in [0.2, 0.25) is 0 Å². The van der Waals surface area contributed by atoms with E-state index in [-0.39, 0.29) is 18.0 Å². The van der Waals surface area contributed by atoms with Gasteiger partial charge in [-0.2, -0.15) is 0 Å². The first-order valence-corrected chi connectivity index (χ1v) is 9.84. The summed E-state index contributed by atoms with van der Waals surface area (Å²) in [5.41, 5.74) is 0.0722. The lowest BCUT2D eigenvalue weighted by Crippen LogP contribution is -2.46. The van der Waals surface area contributed by atoms with Crippen LogP contribution in [0.25, 0.3) is 0 Å². The van der Waals surface area contributed by atoms with Gasteiger partial charge in [-0.25, -0.2) is 4.79 Å². The third kappa shape index (κ3) is 2.75. The highest BCUT2D eigenvalue weighted by Crippen LogP contribution is 2.42. The number of hydrogen-bond donors (Lipinski definition) is 1. The highest BCUT2D eigenvalue weighted by atomic mass is 32.1. The summed E-state index contributed by atoms with van der Waals surface area (Å²) in [6.07, 6.45) is 2.25. The summed E-state index contributed by atoms with van der Waals surface area (Å²) in [4.78, 5) is 40.9. The number of urea groups is 1. The first kappa shape index (κ1) is 18.5. The Hall–Kier alpha value is -2.87. The van der Waals surface area contributed by atoms with Crippen molar-refractivity contribution in [2.24, 2.45) is 0 Å². The zero-order valence-corrected chi connectivity index (χ0v) is 16.4. The number of aryl methyl sites for hydroxylation is 1. The van der Waals surface area contributed by atoms with Crippen LogP contribution in [0.1, 0.15) is 33.6 Å². The van der Waals surface area contributed by atoms with Gasteiger partial charge >= 0.3 is 6.03 Å². The molecule has 28 heavy (non-hydrogen) atoms. The fraction of sp³-hybridized carbons (Fsp3) is 0.350. The van der Waals surface area contributed by atoms with E-state index >= 15 is 0 Å². The monoisotopic (exact) mass is 400 g/mol. The number of ether oxygens (including phenoxy) is 2. The number of nitrogens with zero attached hydrogens (tertiary/aromatic N) is 1. The average molecular weight is 400 g/mol. The highest BCUT2D eigenvalue weighted by Gasteiger charge is 2.54. The van der Waals surface area contributed by atoms with E-state index in [0.29, 0.717) is 17.9 Å². The Morgan fingerprint density at radius 2 is 2.07 bits per heavy atom. The van der Waals surface area contributed by atoms with E-state index < -0.39 is 17.4 Å². The van der Waals surface area contributed by atoms with Crippen LogP contribution in [0.5, 0.6) is 11.5 Å². The molecule has 1 fully saturated rings. The van der Waals surface area contributed by atoms with Crippen LogP contribution < -0.4 is 14.8 Å². The van der Waals surface area contributed by atoms with Gasteiger partial charge in [0.2, 0.25) is 0 Å². The van der Waals surface area contributed by atoms with E-state index in [2.05, 4.69) is 5.32 Å². The van der Waals surface area contributed by atoms with Gasteiger partial charge in [0.25, 0.3) is 5.91 Å². The van der Waals surface area contributed by atoms with Crippen LogP contribution in [-0.4, -0.2) is 43.4 Å². The molecule has 1 spiro atoms. The summed E-state index contributed by atoms with van der Waals surface area (Å²) in [6.45, 7) is -0.352. The summed E-state index contributed by atoms with van der Waals surface area (Å²) < 4.78 is 10.4. The normalized spacial score (nSPS) is 20.9. The number of benzene rings is 1. The van der Waals surface area contributed by atoms with Crippen molar-refractivity contribution in [3.63, 3.8) is 0 Å². The van der Waals surface area contributed by atoms with Gasteiger partial charge in [-0.1, -0.05) is 0 Å². The van der Waals surface area contributed by atoms with E-state index in [0.717, 1.165) is 28.2 Å². The molecule has 1 aliphatic carbocycles. The molecule has 1 aromatic carbocycles. The second kappa shape index (κ2) is 6.94. The van der Waals surface area contributed by atoms with Gasteiger partial charge in [0.1, 0.15) is 17.0 Å². The topological polar surface area (TPSA) is 84.9 Å². The van der Waals surface area contributed by atoms with Crippen molar-refractivity contribution in [1.82, 2.24) is 10.2 Å². The number of methoxy groups -OCH3 is 2. The number of amides is 3. The van der Waals surface area contributed by atoms with E-state index in [1.165, 1.54) is 14.2 Å². The minimum absolute atomic E-state index is 0.267. The van der Waals surface area contributed by atoms with Crippen LogP contribution in [0.3, 0.4) is 0 Å². The van der Waals surface area contributed by atoms with Crippen LogP contribution in [0.15, 0.2) is 29.6 Å². The Labute approximate surface area is 166 Å². The maximum Gasteiger partial charge on any atom is 0.325 e. The van der Waals surface area contributed by atoms with Crippen molar-refractivity contribution in [1.29, 1.82) is 0 Å². The summed E-state index contributed by atoms with van der Waals surface area (Å²) in [6, 6.07) is 6.21.